The first-order chi connectivity index (χ1) is 20.3. The second kappa shape index (κ2) is 13.9. The van der Waals surface area contributed by atoms with Gasteiger partial charge < -0.3 is 19.8 Å². The molecule has 8 nitrogen and oxygen atoms in total. The number of hydrogen-bond donors (Lipinski definition) is 3. The average Bonchev–Trinajstić information content (AvgIpc) is 2.98. The molecule has 10 heteroatoms. The molecule has 0 spiro atoms. The zero-order valence-electron chi connectivity index (χ0n) is 23.0. The molecule has 0 radical (unpaired) electrons. The molecule has 1 heterocycles. The largest absolute Gasteiger partial charge is 0.482 e. The number of amides is 1. The summed E-state index contributed by atoms with van der Waals surface area (Å²) in [6.45, 7) is 0.309. The Bertz CT molecular complexity index is 1420. The quantitative estimate of drug-likeness (QED) is 0.176. The average molecular weight is 614 g/mol. The molecule has 42 heavy (non-hydrogen) atoms. The van der Waals surface area contributed by atoms with E-state index < -0.39 is 24.7 Å². The molecular formula is C32H34Cl2N2O6. The number of rotatable bonds is 11. The van der Waals surface area contributed by atoms with Gasteiger partial charge >= 0.3 is 5.97 Å². The first-order valence-electron chi connectivity index (χ1n) is 14.2. The molecule has 3 aromatic carbocycles. The van der Waals surface area contributed by atoms with Crippen molar-refractivity contribution in [1.82, 2.24) is 10.4 Å². The van der Waals surface area contributed by atoms with Gasteiger partial charge in [0.1, 0.15) is 5.75 Å². The van der Waals surface area contributed by atoms with Crippen molar-refractivity contribution in [2.24, 2.45) is 0 Å². The van der Waals surface area contributed by atoms with Crippen LogP contribution < -0.4 is 10.2 Å². The van der Waals surface area contributed by atoms with E-state index in [2.05, 4.69) is 5.48 Å². The highest BCUT2D eigenvalue weighted by molar-refractivity contribution is 6.35. The fourth-order valence-electron chi connectivity index (χ4n) is 6.13. The molecule has 2 aliphatic rings. The summed E-state index contributed by atoms with van der Waals surface area (Å²) in [5.74, 6) is -0.817. The molecule has 3 aromatic rings. The number of hydroxylamine groups is 1. The van der Waals surface area contributed by atoms with Crippen LogP contribution in [0.4, 0.5) is 0 Å². The maximum Gasteiger partial charge on any atom is 0.341 e. The van der Waals surface area contributed by atoms with Crippen LogP contribution in [0.15, 0.2) is 66.7 Å². The summed E-state index contributed by atoms with van der Waals surface area (Å²) >= 11 is 13.0. The highest BCUT2D eigenvalue weighted by Gasteiger charge is 2.46. The maximum atomic E-state index is 14.1. The van der Waals surface area contributed by atoms with Crippen molar-refractivity contribution >= 4 is 35.1 Å². The number of carbonyl (C=O) groups excluding carboxylic acids is 1. The van der Waals surface area contributed by atoms with Gasteiger partial charge in [-0.05, 0) is 66.3 Å². The lowest BCUT2D eigenvalue weighted by atomic mass is 9.76. The SMILES string of the molecule is O=C(O)COc1cccc(CONCC[C@@H]2c3ccccc3C(=O)N([C@H]3CCCCC3O)[C@H]2c2ccc(Cl)cc2Cl)c1. The topological polar surface area (TPSA) is 108 Å². The molecule has 1 unspecified atom stereocenters. The van der Waals surface area contributed by atoms with E-state index in [1.165, 1.54) is 0 Å². The molecule has 1 amide bonds. The smallest absolute Gasteiger partial charge is 0.341 e. The second-order valence-electron chi connectivity index (χ2n) is 10.7. The lowest BCUT2D eigenvalue weighted by Gasteiger charge is -2.49. The molecule has 3 N–H and O–H groups in total. The van der Waals surface area contributed by atoms with Gasteiger partial charge in [0.15, 0.2) is 6.61 Å². The fraction of sp³-hybridized carbons (Fsp3) is 0.375. The van der Waals surface area contributed by atoms with Crippen LogP contribution in [0.25, 0.3) is 0 Å². The van der Waals surface area contributed by atoms with Crippen LogP contribution in [0.1, 0.15) is 71.1 Å². The molecule has 222 valence electrons. The third-order valence-corrected chi connectivity index (χ3v) is 8.56. The highest BCUT2D eigenvalue weighted by atomic mass is 35.5. The normalized spacial score (nSPS) is 22.1. The second-order valence-corrected chi connectivity index (χ2v) is 11.6. The van der Waals surface area contributed by atoms with E-state index in [0.29, 0.717) is 40.7 Å². The number of halogens is 2. The van der Waals surface area contributed by atoms with Crippen molar-refractivity contribution in [3.05, 3.63) is 99.0 Å². The Morgan fingerprint density at radius 1 is 1.00 bits per heavy atom. The Labute approximate surface area is 255 Å². The number of hydrogen-bond acceptors (Lipinski definition) is 6. The van der Waals surface area contributed by atoms with E-state index in [1.807, 2.05) is 41.3 Å². The Kier molecular flexibility index (Phi) is 10.0. The van der Waals surface area contributed by atoms with E-state index in [9.17, 15) is 14.7 Å². The van der Waals surface area contributed by atoms with Gasteiger partial charge in [-0.2, -0.15) is 0 Å². The summed E-state index contributed by atoms with van der Waals surface area (Å²) in [5.41, 5.74) is 6.24. The first-order valence-corrected chi connectivity index (χ1v) is 14.9. The van der Waals surface area contributed by atoms with E-state index in [-0.39, 0.29) is 24.5 Å². The van der Waals surface area contributed by atoms with Gasteiger partial charge in [-0.1, -0.05) is 72.4 Å². The van der Waals surface area contributed by atoms with Crippen LogP contribution in [0.2, 0.25) is 10.0 Å². The van der Waals surface area contributed by atoms with Crippen molar-refractivity contribution in [1.29, 1.82) is 0 Å². The summed E-state index contributed by atoms with van der Waals surface area (Å²) in [6, 6.07) is 19.4. The summed E-state index contributed by atoms with van der Waals surface area (Å²) in [4.78, 5) is 32.5. The third-order valence-electron chi connectivity index (χ3n) is 8.00. The van der Waals surface area contributed by atoms with Crippen LogP contribution in [0.5, 0.6) is 5.75 Å². The maximum absolute atomic E-state index is 14.1. The lowest BCUT2D eigenvalue weighted by Crippen LogP contribution is -2.54. The minimum absolute atomic E-state index is 0.0991. The first kappa shape index (κ1) is 30.3. The molecule has 0 saturated heterocycles. The van der Waals surface area contributed by atoms with E-state index in [0.717, 1.165) is 36.0 Å². The van der Waals surface area contributed by atoms with Gasteiger partial charge in [-0.3, -0.25) is 9.63 Å². The summed E-state index contributed by atoms with van der Waals surface area (Å²) in [6.07, 6.45) is 3.26. The van der Waals surface area contributed by atoms with Crippen LogP contribution in [-0.4, -0.2) is 52.3 Å². The van der Waals surface area contributed by atoms with Gasteiger partial charge in [-0.15, -0.1) is 0 Å². The van der Waals surface area contributed by atoms with Gasteiger partial charge in [0, 0.05) is 28.1 Å². The fourth-order valence-corrected chi connectivity index (χ4v) is 6.65. The number of nitrogens with zero attached hydrogens (tertiary/aromatic N) is 1. The predicted octanol–water partition coefficient (Wildman–Crippen LogP) is 6.15. The Morgan fingerprint density at radius 3 is 2.60 bits per heavy atom. The number of fused-ring (bicyclic) bond motifs is 1. The molecule has 0 aromatic heterocycles. The van der Waals surface area contributed by atoms with Crippen molar-refractivity contribution < 1.29 is 29.4 Å². The minimum atomic E-state index is -1.04. The summed E-state index contributed by atoms with van der Waals surface area (Å²) in [5, 5.41) is 20.9. The number of aliphatic carboxylic acids is 1. The van der Waals surface area contributed by atoms with Crippen LogP contribution >= 0.6 is 23.2 Å². The van der Waals surface area contributed by atoms with Crippen molar-refractivity contribution in [3.63, 3.8) is 0 Å². The summed E-state index contributed by atoms with van der Waals surface area (Å²) in [7, 11) is 0. The minimum Gasteiger partial charge on any atom is -0.482 e. The number of benzene rings is 3. The van der Waals surface area contributed by atoms with Crippen molar-refractivity contribution in [3.8, 4) is 5.75 Å². The van der Waals surface area contributed by atoms with Gasteiger partial charge in [0.05, 0.1) is 24.8 Å². The zero-order chi connectivity index (χ0) is 29.6. The van der Waals surface area contributed by atoms with Crippen LogP contribution in [-0.2, 0) is 16.2 Å². The van der Waals surface area contributed by atoms with Crippen LogP contribution in [0, 0.1) is 0 Å². The molecule has 1 aliphatic heterocycles. The van der Waals surface area contributed by atoms with E-state index in [4.69, 9.17) is 37.9 Å². The Balaban J connectivity index is 1.37. The zero-order valence-corrected chi connectivity index (χ0v) is 24.6. The highest BCUT2D eigenvalue weighted by Crippen LogP contribution is 2.48. The number of nitrogens with one attached hydrogen (secondary N) is 1. The van der Waals surface area contributed by atoms with Crippen molar-refractivity contribution in [2.45, 2.75) is 62.8 Å². The van der Waals surface area contributed by atoms with Crippen LogP contribution in [0.3, 0.4) is 0 Å². The molecule has 1 saturated carbocycles. The molecular weight excluding hydrogens is 579 g/mol. The molecule has 4 atom stereocenters. The number of aliphatic hydroxyl groups is 1. The predicted molar refractivity (Wildman–Crippen MR) is 160 cm³/mol. The third kappa shape index (κ3) is 6.90. The van der Waals surface area contributed by atoms with E-state index in [1.54, 1.807) is 30.3 Å². The number of carbonyl (C=O) groups is 2. The molecule has 1 fully saturated rings. The lowest BCUT2D eigenvalue weighted by molar-refractivity contribution is -0.139. The molecule has 0 bridgehead atoms. The Hall–Kier alpha value is -3.14. The number of aliphatic hydroxyl groups excluding tert-OH is 1. The van der Waals surface area contributed by atoms with Crippen molar-refractivity contribution in [2.75, 3.05) is 13.2 Å². The van der Waals surface area contributed by atoms with E-state index >= 15 is 0 Å². The monoisotopic (exact) mass is 612 g/mol. The molecule has 5 rings (SSSR count). The van der Waals surface area contributed by atoms with Gasteiger partial charge in [0.25, 0.3) is 5.91 Å². The summed E-state index contributed by atoms with van der Waals surface area (Å²) < 4.78 is 5.25. The number of carboxylic acid groups (broad SMARTS) is 1. The Morgan fingerprint density at radius 2 is 1.81 bits per heavy atom. The standard InChI is InChI=1S/C32H34Cl2N2O6/c33-21-12-13-26(27(34)17-21)31-24(14-15-35-42-18-20-6-5-7-22(16-20)41-19-30(38)39)23-8-1-2-9-25(23)32(40)36(31)28-10-3-4-11-29(28)37/h1-2,5-9,12-13,16-17,24,28-29,31,35,37H,3-4,10-11,14-15,18-19H2,(H,38,39)/t24-,28+,29?,31-/m1/s1. The van der Waals surface area contributed by atoms with Gasteiger partial charge in [0.2, 0.25) is 0 Å². The number of carboxylic acids is 1. The number of ether oxygens (including phenoxy) is 1. The molecule has 1 aliphatic carbocycles. The van der Waals surface area contributed by atoms with Gasteiger partial charge in [-0.25, -0.2) is 10.3 Å².